The molecule has 1 fully saturated rings. The lowest BCUT2D eigenvalue weighted by atomic mass is 9.94. The molecular formula is C30H35N3O3. The fourth-order valence-electron chi connectivity index (χ4n) is 4.85. The van der Waals surface area contributed by atoms with E-state index in [1.165, 1.54) is 6.42 Å². The van der Waals surface area contributed by atoms with E-state index in [0.29, 0.717) is 36.6 Å². The summed E-state index contributed by atoms with van der Waals surface area (Å²) in [6.07, 6.45) is 7.56. The number of carbonyl (C=O) groups is 2. The van der Waals surface area contributed by atoms with Crippen LogP contribution < -0.4 is 10.1 Å². The molecule has 1 atom stereocenters. The molecule has 0 radical (unpaired) electrons. The molecule has 0 aliphatic heterocycles. The number of aromatic nitrogens is 1. The Balaban J connectivity index is 1.73. The van der Waals surface area contributed by atoms with Crippen molar-refractivity contribution in [3.05, 3.63) is 95.8 Å². The highest BCUT2D eigenvalue weighted by Crippen LogP contribution is 2.32. The summed E-state index contributed by atoms with van der Waals surface area (Å²) in [6.45, 7) is 2.74. The second-order valence-corrected chi connectivity index (χ2v) is 9.17. The number of hydrogen-bond donors (Lipinski definition) is 1. The van der Waals surface area contributed by atoms with Crippen LogP contribution in [0.25, 0.3) is 0 Å². The first-order chi connectivity index (χ1) is 17.7. The Hall–Kier alpha value is -3.67. The molecule has 4 rings (SSSR count). The van der Waals surface area contributed by atoms with E-state index in [1.54, 1.807) is 29.3 Å². The number of benzene rings is 2. The molecule has 1 aliphatic rings. The number of pyridine rings is 1. The van der Waals surface area contributed by atoms with Crippen LogP contribution in [0.3, 0.4) is 0 Å². The highest BCUT2D eigenvalue weighted by Gasteiger charge is 2.35. The second kappa shape index (κ2) is 12.9. The third kappa shape index (κ3) is 6.51. The topological polar surface area (TPSA) is 71.5 Å². The normalized spacial score (nSPS) is 14.6. The van der Waals surface area contributed by atoms with E-state index in [-0.39, 0.29) is 17.9 Å². The van der Waals surface area contributed by atoms with Crippen molar-refractivity contribution in [2.45, 2.75) is 57.5 Å². The zero-order chi connectivity index (χ0) is 25.2. The Bertz CT molecular complexity index is 1110. The van der Waals surface area contributed by atoms with Gasteiger partial charge in [-0.2, -0.15) is 0 Å². The van der Waals surface area contributed by atoms with Gasteiger partial charge in [-0.1, -0.05) is 73.9 Å². The molecular weight excluding hydrogens is 450 g/mol. The number of para-hydroxylation sites is 1. The van der Waals surface area contributed by atoms with Gasteiger partial charge in [-0.3, -0.25) is 14.6 Å². The maximum atomic E-state index is 14.0. The van der Waals surface area contributed by atoms with Crippen molar-refractivity contribution < 1.29 is 14.3 Å². The van der Waals surface area contributed by atoms with Crippen molar-refractivity contribution in [3.8, 4) is 5.75 Å². The van der Waals surface area contributed by atoms with Crippen molar-refractivity contribution in [2.24, 2.45) is 0 Å². The first-order valence-corrected chi connectivity index (χ1v) is 13.0. The number of amides is 2. The molecule has 2 amide bonds. The zero-order valence-electron chi connectivity index (χ0n) is 20.9. The van der Waals surface area contributed by atoms with Gasteiger partial charge in [-0.05, 0) is 49.9 Å². The molecule has 2 aromatic carbocycles. The van der Waals surface area contributed by atoms with Crippen LogP contribution in [-0.4, -0.2) is 40.9 Å². The highest BCUT2D eigenvalue weighted by molar-refractivity contribution is 5.97. The molecule has 3 aromatic rings. The average Bonchev–Trinajstić information content (AvgIpc) is 2.93. The predicted octanol–water partition coefficient (Wildman–Crippen LogP) is 5.36. The summed E-state index contributed by atoms with van der Waals surface area (Å²) in [7, 11) is 0. The summed E-state index contributed by atoms with van der Waals surface area (Å²) in [5, 5.41) is 3.26. The van der Waals surface area contributed by atoms with Crippen molar-refractivity contribution in [1.82, 2.24) is 15.2 Å². The molecule has 1 saturated carbocycles. The van der Waals surface area contributed by atoms with E-state index in [2.05, 4.69) is 10.3 Å². The van der Waals surface area contributed by atoms with Crippen LogP contribution in [0.1, 0.15) is 66.7 Å². The number of rotatable bonds is 10. The largest absolute Gasteiger partial charge is 0.494 e. The van der Waals surface area contributed by atoms with Gasteiger partial charge in [0.2, 0.25) is 5.91 Å². The SMILES string of the molecule is CCOc1ccccc1[C@H](C(=O)NC1CCCCC1)N(CCc1ccccc1)C(=O)c1ccccn1. The summed E-state index contributed by atoms with van der Waals surface area (Å²) in [6, 6.07) is 22.1. The van der Waals surface area contributed by atoms with E-state index in [9.17, 15) is 9.59 Å². The van der Waals surface area contributed by atoms with E-state index < -0.39 is 6.04 Å². The van der Waals surface area contributed by atoms with Crippen LogP contribution in [0.5, 0.6) is 5.75 Å². The minimum absolute atomic E-state index is 0.119. The molecule has 0 spiro atoms. The summed E-state index contributed by atoms with van der Waals surface area (Å²) in [4.78, 5) is 33.8. The molecule has 6 heteroatoms. The second-order valence-electron chi connectivity index (χ2n) is 9.17. The van der Waals surface area contributed by atoms with Gasteiger partial charge in [-0.25, -0.2) is 0 Å². The lowest BCUT2D eigenvalue weighted by molar-refractivity contribution is -0.127. The Morgan fingerprint density at radius 3 is 2.42 bits per heavy atom. The quantitative estimate of drug-likeness (QED) is 0.420. The molecule has 1 heterocycles. The Kier molecular flexibility index (Phi) is 9.09. The average molecular weight is 486 g/mol. The van der Waals surface area contributed by atoms with Gasteiger partial charge in [-0.15, -0.1) is 0 Å². The van der Waals surface area contributed by atoms with Crippen LogP contribution in [0.4, 0.5) is 0 Å². The first kappa shape index (κ1) is 25.4. The zero-order valence-corrected chi connectivity index (χ0v) is 20.9. The van der Waals surface area contributed by atoms with Gasteiger partial charge >= 0.3 is 0 Å². The number of hydrogen-bond acceptors (Lipinski definition) is 4. The standard InChI is InChI=1S/C30H35N3O3/c1-2-36-27-19-10-9-17-25(27)28(29(34)32-24-15-7-4-8-16-24)33(22-20-23-13-5-3-6-14-23)30(35)26-18-11-12-21-31-26/h3,5-6,9-14,17-19,21,24,28H,2,4,7-8,15-16,20,22H2,1H3,(H,32,34)/t28-/m1/s1. The Morgan fingerprint density at radius 2 is 1.69 bits per heavy atom. The minimum atomic E-state index is -0.840. The number of ether oxygens (including phenoxy) is 1. The smallest absolute Gasteiger partial charge is 0.273 e. The van der Waals surface area contributed by atoms with Crippen LogP contribution in [-0.2, 0) is 11.2 Å². The lowest BCUT2D eigenvalue weighted by Crippen LogP contribution is -2.48. The molecule has 0 saturated heterocycles. The van der Waals surface area contributed by atoms with Gasteiger partial charge in [0, 0.05) is 24.3 Å². The van der Waals surface area contributed by atoms with E-state index in [4.69, 9.17) is 4.74 Å². The van der Waals surface area contributed by atoms with Gasteiger partial charge in [0.1, 0.15) is 17.5 Å². The Labute approximate surface area is 213 Å². The number of nitrogens with zero attached hydrogens (tertiary/aromatic N) is 2. The maximum Gasteiger partial charge on any atom is 0.273 e. The van der Waals surface area contributed by atoms with E-state index in [1.807, 2.05) is 61.5 Å². The third-order valence-electron chi connectivity index (χ3n) is 6.65. The van der Waals surface area contributed by atoms with Gasteiger partial charge in [0.05, 0.1) is 6.61 Å². The maximum absolute atomic E-state index is 14.0. The minimum Gasteiger partial charge on any atom is -0.494 e. The summed E-state index contributed by atoms with van der Waals surface area (Å²) < 4.78 is 5.92. The molecule has 188 valence electrons. The summed E-state index contributed by atoms with van der Waals surface area (Å²) >= 11 is 0. The van der Waals surface area contributed by atoms with Crippen LogP contribution in [0.2, 0.25) is 0 Å². The lowest BCUT2D eigenvalue weighted by Gasteiger charge is -2.34. The third-order valence-corrected chi connectivity index (χ3v) is 6.65. The molecule has 1 N–H and O–H groups in total. The van der Waals surface area contributed by atoms with Crippen molar-refractivity contribution in [2.75, 3.05) is 13.2 Å². The molecule has 0 unspecified atom stereocenters. The molecule has 0 bridgehead atoms. The fraction of sp³-hybridized carbons (Fsp3) is 0.367. The van der Waals surface area contributed by atoms with Crippen molar-refractivity contribution >= 4 is 11.8 Å². The summed E-state index contributed by atoms with van der Waals surface area (Å²) in [5.41, 5.74) is 2.10. The van der Waals surface area contributed by atoms with Crippen LogP contribution in [0.15, 0.2) is 79.0 Å². The summed E-state index contributed by atoms with van der Waals surface area (Å²) in [5.74, 6) is 0.162. The molecule has 1 aliphatic carbocycles. The van der Waals surface area contributed by atoms with Crippen molar-refractivity contribution in [3.63, 3.8) is 0 Å². The van der Waals surface area contributed by atoms with Gasteiger partial charge < -0.3 is 15.0 Å². The van der Waals surface area contributed by atoms with E-state index >= 15 is 0 Å². The first-order valence-electron chi connectivity index (χ1n) is 13.0. The van der Waals surface area contributed by atoms with Gasteiger partial charge in [0.15, 0.2) is 0 Å². The molecule has 1 aromatic heterocycles. The molecule has 36 heavy (non-hydrogen) atoms. The monoisotopic (exact) mass is 485 g/mol. The van der Waals surface area contributed by atoms with Crippen LogP contribution in [0, 0.1) is 0 Å². The molecule has 6 nitrogen and oxygen atoms in total. The predicted molar refractivity (Wildman–Crippen MR) is 141 cm³/mol. The van der Waals surface area contributed by atoms with Crippen LogP contribution >= 0.6 is 0 Å². The van der Waals surface area contributed by atoms with Crippen molar-refractivity contribution in [1.29, 1.82) is 0 Å². The highest BCUT2D eigenvalue weighted by atomic mass is 16.5. The fourth-order valence-corrected chi connectivity index (χ4v) is 4.85. The van der Waals surface area contributed by atoms with E-state index in [0.717, 1.165) is 31.2 Å². The Morgan fingerprint density at radius 1 is 0.972 bits per heavy atom. The van der Waals surface area contributed by atoms with Gasteiger partial charge in [0.25, 0.3) is 5.91 Å². The number of carbonyl (C=O) groups excluding carboxylic acids is 2. The number of nitrogens with one attached hydrogen (secondary N) is 1.